The van der Waals surface area contributed by atoms with Gasteiger partial charge < -0.3 is 15.5 Å². The number of hydrogen-bond acceptors (Lipinski definition) is 3. The summed E-state index contributed by atoms with van der Waals surface area (Å²) in [7, 11) is 1.68. The molecule has 2 aromatic rings. The quantitative estimate of drug-likeness (QED) is 0.365. The predicted octanol–water partition coefficient (Wildman–Crippen LogP) is 3.11. The van der Waals surface area contributed by atoms with E-state index in [4.69, 9.17) is 0 Å². The summed E-state index contributed by atoms with van der Waals surface area (Å²) in [6.45, 7) is 4.23. The molecule has 0 radical (unpaired) electrons. The van der Waals surface area contributed by atoms with Gasteiger partial charge in [-0.25, -0.2) is 4.39 Å². The largest absolute Gasteiger partial charge is 0.356 e. The van der Waals surface area contributed by atoms with Crippen LogP contribution in [0.5, 0.6) is 0 Å². The molecular formula is C20H26FIN4OS. The number of aryl methyl sites for hydroxylation is 1. The van der Waals surface area contributed by atoms with Crippen molar-refractivity contribution >= 4 is 47.2 Å². The Kier molecular flexibility index (Phi) is 8.68. The van der Waals surface area contributed by atoms with Crippen molar-refractivity contribution in [3.05, 3.63) is 57.0 Å². The lowest BCUT2D eigenvalue weighted by Crippen LogP contribution is -2.46. The van der Waals surface area contributed by atoms with Gasteiger partial charge in [-0.3, -0.25) is 9.79 Å². The van der Waals surface area contributed by atoms with E-state index in [0.717, 1.165) is 30.5 Å². The van der Waals surface area contributed by atoms with Crippen LogP contribution in [0.4, 0.5) is 4.39 Å². The topological polar surface area (TPSA) is 56.7 Å². The van der Waals surface area contributed by atoms with Crippen LogP contribution >= 0.6 is 35.3 Å². The number of guanidine groups is 1. The molecule has 5 nitrogen and oxygen atoms in total. The molecule has 0 bridgehead atoms. The fourth-order valence-electron chi connectivity index (χ4n) is 3.21. The molecule has 1 amide bonds. The van der Waals surface area contributed by atoms with Gasteiger partial charge in [0.2, 0.25) is 5.91 Å². The SMILES string of the molecule is CN=C(NCCc1ccc(F)cc1C)NCC(=O)N1CCc2sccc2C1.I. The molecule has 0 aliphatic carbocycles. The van der Waals surface area contributed by atoms with Gasteiger partial charge in [-0.2, -0.15) is 0 Å². The molecule has 1 aromatic heterocycles. The van der Waals surface area contributed by atoms with E-state index in [1.54, 1.807) is 30.5 Å². The van der Waals surface area contributed by atoms with Crippen LogP contribution in [0.15, 0.2) is 34.6 Å². The van der Waals surface area contributed by atoms with Crippen molar-refractivity contribution in [2.45, 2.75) is 26.3 Å². The number of fused-ring (bicyclic) bond motifs is 1. The molecule has 28 heavy (non-hydrogen) atoms. The number of hydrogen-bond donors (Lipinski definition) is 2. The van der Waals surface area contributed by atoms with Crippen LogP contribution in [0, 0.1) is 12.7 Å². The van der Waals surface area contributed by atoms with Crippen molar-refractivity contribution in [2.24, 2.45) is 4.99 Å². The van der Waals surface area contributed by atoms with Crippen molar-refractivity contribution in [3.63, 3.8) is 0 Å². The Hall–Kier alpha value is -1.68. The molecule has 0 fully saturated rings. The molecule has 0 saturated carbocycles. The van der Waals surface area contributed by atoms with Gasteiger partial charge in [0.25, 0.3) is 0 Å². The lowest BCUT2D eigenvalue weighted by Gasteiger charge is -2.27. The molecule has 1 aliphatic rings. The lowest BCUT2D eigenvalue weighted by atomic mass is 10.1. The van der Waals surface area contributed by atoms with E-state index in [0.29, 0.717) is 19.0 Å². The molecule has 1 aliphatic heterocycles. The molecule has 1 aromatic carbocycles. The van der Waals surface area contributed by atoms with E-state index in [-0.39, 0.29) is 42.2 Å². The minimum absolute atomic E-state index is 0. The van der Waals surface area contributed by atoms with Crippen LogP contribution in [0.3, 0.4) is 0 Å². The second kappa shape index (κ2) is 10.8. The van der Waals surface area contributed by atoms with Crippen LogP contribution < -0.4 is 10.6 Å². The summed E-state index contributed by atoms with van der Waals surface area (Å²) >= 11 is 1.77. The maximum absolute atomic E-state index is 13.2. The van der Waals surface area contributed by atoms with E-state index in [1.165, 1.54) is 16.5 Å². The number of halogens is 2. The number of benzene rings is 1. The Labute approximate surface area is 186 Å². The third-order valence-electron chi connectivity index (χ3n) is 4.78. The zero-order valence-electron chi connectivity index (χ0n) is 16.1. The van der Waals surface area contributed by atoms with Gasteiger partial charge in [0.15, 0.2) is 5.96 Å². The normalized spacial score (nSPS) is 13.5. The molecular weight excluding hydrogens is 490 g/mol. The summed E-state index contributed by atoms with van der Waals surface area (Å²) in [5.41, 5.74) is 3.29. The highest BCUT2D eigenvalue weighted by molar-refractivity contribution is 14.0. The smallest absolute Gasteiger partial charge is 0.242 e. The number of amides is 1. The highest BCUT2D eigenvalue weighted by Crippen LogP contribution is 2.23. The minimum Gasteiger partial charge on any atom is -0.356 e. The monoisotopic (exact) mass is 516 g/mol. The summed E-state index contributed by atoms with van der Waals surface area (Å²) in [6, 6.07) is 6.93. The first kappa shape index (κ1) is 22.6. The maximum atomic E-state index is 13.2. The van der Waals surface area contributed by atoms with Crippen molar-refractivity contribution in [2.75, 3.05) is 26.7 Å². The Morgan fingerprint density at radius 1 is 1.32 bits per heavy atom. The highest BCUT2D eigenvalue weighted by atomic mass is 127. The van der Waals surface area contributed by atoms with Gasteiger partial charge in [-0.15, -0.1) is 35.3 Å². The maximum Gasteiger partial charge on any atom is 0.242 e. The van der Waals surface area contributed by atoms with E-state index in [2.05, 4.69) is 27.1 Å². The lowest BCUT2D eigenvalue weighted by molar-refractivity contribution is -0.130. The fourth-order valence-corrected chi connectivity index (χ4v) is 4.10. The predicted molar refractivity (Wildman–Crippen MR) is 123 cm³/mol. The Bertz CT molecular complexity index is 839. The summed E-state index contributed by atoms with van der Waals surface area (Å²) in [6.07, 6.45) is 1.69. The Morgan fingerprint density at radius 2 is 2.14 bits per heavy atom. The van der Waals surface area contributed by atoms with E-state index in [9.17, 15) is 9.18 Å². The number of aliphatic imine (C=N–C) groups is 1. The molecule has 152 valence electrons. The number of carbonyl (C=O) groups is 1. The van der Waals surface area contributed by atoms with Crippen LogP contribution in [0.25, 0.3) is 0 Å². The summed E-state index contributed by atoms with van der Waals surface area (Å²) in [4.78, 5) is 19.9. The second-order valence-corrected chi connectivity index (χ2v) is 7.61. The molecule has 3 rings (SSSR count). The first-order chi connectivity index (χ1) is 13.1. The highest BCUT2D eigenvalue weighted by Gasteiger charge is 2.21. The number of nitrogens with one attached hydrogen (secondary N) is 2. The Balaban J connectivity index is 0.00000280. The van der Waals surface area contributed by atoms with Gasteiger partial charge in [-0.05, 0) is 60.0 Å². The van der Waals surface area contributed by atoms with Crippen LogP contribution in [0.1, 0.15) is 21.6 Å². The molecule has 2 heterocycles. The van der Waals surface area contributed by atoms with Crippen LogP contribution in [-0.4, -0.2) is 43.4 Å². The van der Waals surface area contributed by atoms with E-state index in [1.807, 2.05) is 11.8 Å². The number of thiophene rings is 1. The van der Waals surface area contributed by atoms with Crippen molar-refractivity contribution < 1.29 is 9.18 Å². The molecule has 0 spiro atoms. The standard InChI is InChI=1S/C20H25FN4OS.HI/c1-14-11-17(21)4-3-15(14)5-8-23-20(22-2)24-12-19(26)25-9-6-18-16(13-25)7-10-27-18;/h3-4,7,10-11H,5-6,8-9,12-13H2,1-2H3,(H2,22,23,24);1H. The second-order valence-electron chi connectivity index (χ2n) is 6.61. The summed E-state index contributed by atoms with van der Waals surface area (Å²) in [5.74, 6) is 0.452. The van der Waals surface area contributed by atoms with Gasteiger partial charge in [-0.1, -0.05) is 6.07 Å². The molecule has 0 unspecified atom stereocenters. The fraction of sp³-hybridized carbons (Fsp3) is 0.400. The number of carbonyl (C=O) groups excluding carboxylic acids is 1. The average molecular weight is 516 g/mol. The van der Waals surface area contributed by atoms with Gasteiger partial charge in [0.1, 0.15) is 5.82 Å². The zero-order valence-corrected chi connectivity index (χ0v) is 19.3. The molecule has 0 saturated heterocycles. The van der Waals surface area contributed by atoms with Gasteiger partial charge in [0, 0.05) is 31.6 Å². The van der Waals surface area contributed by atoms with Crippen LogP contribution in [-0.2, 0) is 24.2 Å². The van der Waals surface area contributed by atoms with Crippen molar-refractivity contribution in [1.82, 2.24) is 15.5 Å². The van der Waals surface area contributed by atoms with E-state index >= 15 is 0 Å². The first-order valence-corrected chi connectivity index (χ1v) is 9.97. The minimum atomic E-state index is -0.215. The van der Waals surface area contributed by atoms with Gasteiger partial charge in [0.05, 0.1) is 6.54 Å². The summed E-state index contributed by atoms with van der Waals surface area (Å²) < 4.78 is 13.2. The Morgan fingerprint density at radius 3 is 2.89 bits per heavy atom. The molecule has 2 N–H and O–H groups in total. The first-order valence-electron chi connectivity index (χ1n) is 9.09. The number of rotatable bonds is 5. The number of nitrogens with zero attached hydrogens (tertiary/aromatic N) is 2. The summed E-state index contributed by atoms with van der Waals surface area (Å²) in [5, 5.41) is 8.38. The van der Waals surface area contributed by atoms with Crippen LogP contribution in [0.2, 0.25) is 0 Å². The average Bonchev–Trinajstić information content (AvgIpc) is 3.13. The third-order valence-corrected chi connectivity index (χ3v) is 5.81. The van der Waals surface area contributed by atoms with Gasteiger partial charge >= 0.3 is 0 Å². The van der Waals surface area contributed by atoms with Crippen molar-refractivity contribution in [1.29, 1.82) is 0 Å². The zero-order chi connectivity index (χ0) is 19.2. The van der Waals surface area contributed by atoms with Crippen molar-refractivity contribution in [3.8, 4) is 0 Å². The van der Waals surface area contributed by atoms with E-state index < -0.39 is 0 Å². The molecule has 0 atom stereocenters. The third kappa shape index (κ3) is 5.91. The molecule has 8 heteroatoms.